The smallest absolute Gasteiger partial charge is 0.253 e. The highest BCUT2D eigenvalue weighted by Crippen LogP contribution is 2.18. The molecule has 0 aliphatic carbocycles. The van der Waals surface area contributed by atoms with E-state index >= 15 is 0 Å². The molecule has 1 unspecified atom stereocenters. The third-order valence-corrected chi connectivity index (χ3v) is 2.59. The van der Waals surface area contributed by atoms with Crippen molar-refractivity contribution in [2.45, 2.75) is 32.7 Å². The molecule has 1 aromatic rings. The van der Waals surface area contributed by atoms with Crippen molar-refractivity contribution in [2.75, 3.05) is 5.73 Å². The van der Waals surface area contributed by atoms with Gasteiger partial charge in [0.1, 0.15) is 0 Å². The summed E-state index contributed by atoms with van der Waals surface area (Å²) in [4.78, 5) is 11.8. The Hall–Kier alpha value is -1.22. The predicted octanol–water partition coefficient (Wildman–Crippen LogP) is 2.84. The molecule has 0 heterocycles. The first-order chi connectivity index (χ1) is 7.54. The number of rotatable bonds is 4. The van der Waals surface area contributed by atoms with Crippen LogP contribution in [0.3, 0.4) is 0 Å². The van der Waals surface area contributed by atoms with Crippen molar-refractivity contribution >= 4 is 23.2 Å². The summed E-state index contributed by atoms with van der Waals surface area (Å²) in [6.45, 7) is 4.06. The molecule has 4 heteroatoms. The summed E-state index contributed by atoms with van der Waals surface area (Å²) in [5.41, 5.74) is 6.62. The zero-order valence-corrected chi connectivity index (χ0v) is 10.3. The van der Waals surface area contributed by atoms with E-state index in [1.165, 1.54) is 0 Å². The number of nitrogen functional groups attached to an aromatic ring is 1. The third-order valence-electron chi connectivity index (χ3n) is 2.36. The molecular formula is C12H17ClN2O. The van der Waals surface area contributed by atoms with E-state index in [1.807, 2.05) is 6.92 Å². The number of nitrogens with one attached hydrogen (secondary N) is 1. The van der Waals surface area contributed by atoms with Gasteiger partial charge >= 0.3 is 0 Å². The lowest BCUT2D eigenvalue weighted by Crippen LogP contribution is -2.32. The van der Waals surface area contributed by atoms with Crippen molar-refractivity contribution in [3.8, 4) is 0 Å². The second-order valence-electron chi connectivity index (χ2n) is 3.89. The lowest BCUT2D eigenvalue weighted by atomic mass is 10.1. The highest BCUT2D eigenvalue weighted by molar-refractivity contribution is 6.31. The van der Waals surface area contributed by atoms with Gasteiger partial charge in [0, 0.05) is 16.8 Å². The van der Waals surface area contributed by atoms with E-state index in [0.717, 1.165) is 12.8 Å². The van der Waals surface area contributed by atoms with Gasteiger partial charge < -0.3 is 11.1 Å². The van der Waals surface area contributed by atoms with Crippen LogP contribution in [0, 0.1) is 0 Å². The molecule has 1 amide bonds. The van der Waals surface area contributed by atoms with Gasteiger partial charge in [0.2, 0.25) is 0 Å². The normalized spacial score (nSPS) is 12.2. The van der Waals surface area contributed by atoms with Gasteiger partial charge in [-0.3, -0.25) is 4.79 Å². The first-order valence-electron chi connectivity index (χ1n) is 5.40. The number of halogens is 1. The van der Waals surface area contributed by atoms with Crippen molar-refractivity contribution in [3.05, 3.63) is 28.8 Å². The van der Waals surface area contributed by atoms with E-state index in [1.54, 1.807) is 18.2 Å². The number of hydrogen-bond acceptors (Lipinski definition) is 2. The van der Waals surface area contributed by atoms with Crippen LogP contribution >= 0.6 is 11.6 Å². The van der Waals surface area contributed by atoms with Crippen LogP contribution in [0.25, 0.3) is 0 Å². The Morgan fingerprint density at radius 2 is 2.25 bits per heavy atom. The molecule has 0 radical (unpaired) electrons. The summed E-state index contributed by atoms with van der Waals surface area (Å²) in [5, 5.41) is 3.43. The Balaban J connectivity index is 2.73. The zero-order chi connectivity index (χ0) is 12.1. The molecule has 0 aliphatic rings. The molecule has 1 rings (SSSR count). The Labute approximate surface area is 101 Å². The number of hydrogen-bond donors (Lipinski definition) is 2. The van der Waals surface area contributed by atoms with Gasteiger partial charge in [0.05, 0.1) is 5.56 Å². The average molecular weight is 241 g/mol. The van der Waals surface area contributed by atoms with E-state index in [9.17, 15) is 4.79 Å². The topological polar surface area (TPSA) is 55.1 Å². The van der Waals surface area contributed by atoms with Gasteiger partial charge in [0.25, 0.3) is 5.91 Å². The van der Waals surface area contributed by atoms with Crippen LogP contribution in [0.4, 0.5) is 5.69 Å². The zero-order valence-electron chi connectivity index (χ0n) is 9.59. The third kappa shape index (κ3) is 3.42. The second-order valence-corrected chi connectivity index (χ2v) is 4.33. The Bertz CT molecular complexity index is 379. The molecule has 88 valence electrons. The first kappa shape index (κ1) is 12.8. The summed E-state index contributed by atoms with van der Waals surface area (Å²) < 4.78 is 0. The van der Waals surface area contributed by atoms with Gasteiger partial charge in [-0.25, -0.2) is 0 Å². The van der Waals surface area contributed by atoms with E-state index in [0.29, 0.717) is 16.3 Å². The van der Waals surface area contributed by atoms with Crippen molar-refractivity contribution in [2.24, 2.45) is 0 Å². The molecule has 0 aliphatic heterocycles. The molecule has 3 nitrogen and oxygen atoms in total. The Morgan fingerprint density at radius 1 is 1.56 bits per heavy atom. The van der Waals surface area contributed by atoms with Crippen molar-refractivity contribution in [1.82, 2.24) is 5.32 Å². The molecule has 16 heavy (non-hydrogen) atoms. The number of benzene rings is 1. The lowest BCUT2D eigenvalue weighted by Gasteiger charge is -2.13. The fourth-order valence-electron chi connectivity index (χ4n) is 1.55. The maximum atomic E-state index is 11.8. The molecule has 1 atom stereocenters. The lowest BCUT2D eigenvalue weighted by molar-refractivity contribution is 0.0939. The maximum absolute atomic E-state index is 11.8. The number of amides is 1. The van der Waals surface area contributed by atoms with Crippen LogP contribution in [-0.2, 0) is 0 Å². The summed E-state index contributed by atoms with van der Waals surface area (Å²) >= 11 is 5.77. The summed E-state index contributed by atoms with van der Waals surface area (Å²) in [5.74, 6) is -0.143. The van der Waals surface area contributed by atoms with Gasteiger partial charge in [-0.2, -0.15) is 0 Å². The number of carbonyl (C=O) groups excluding carboxylic acids is 1. The molecule has 0 bridgehead atoms. The molecule has 0 fully saturated rings. The van der Waals surface area contributed by atoms with Crippen LogP contribution in [-0.4, -0.2) is 11.9 Å². The van der Waals surface area contributed by atoms with Crippen molar-refractivity contribution in [3.63, 3.8) is 0 Å². The predicted molar refractivity (Wildman–Crippen MR) is 67.7 cm³/mol. The van der Waals surface area contributed by atoms with E-state index in [-0.39, 0.29) is 11.9 Å². The van der Waals surface area contributed by atoms with Gasteiger partial charge in [0.15, 0.2) is 0 Å². The first-order valence-corrected chi connectivity index (χ1v) is 5.78. The van der Waals surface area contributed by atoms with Crippen LogP contribution in [0.5, 0.6) is 0 Å². The Kier molecular flexibility index (Phi) is 4.62. The van der Waals surface area contributed by atoms with Gasteiger partial charge in [-0.1, -0.05) is 24.9 Å². The van der Waals surface area contributed by atoms with Crippen molar-refractivity contribution < 1.29 is 4.79 Å². The fourth-order valence-corrected chi connectivity index (χ4v) is 1.73. The van der Waals surface area contributed by atoms with Gasteiger partial charge in [-0.15, -0.1) is 0 Å². The Morgan fingerprint density at radius 3 is 2.81 bits per heavy atom. The average Bonchev–Trinajstić information content (AvgIpc) is 2.17. The van der Waals surface area contributed by atoms with Crippen LogP contribution in [0.15, 0.2) is 18.2 Å². The molecule has 0 spiro atoms. The minimum atomic E-state index is -0.143. The van der Waals surface area contributed by atoms with Crippen molar-refractivity contribution in [1.29, 1.82) is 0 Å². The highest BCUT2D eigenvalue weighted by atomic mass is 35.5. The number of nitrogens with two attached hydrogens (primary N) is 1. The molecule has 1 aromatic carbocycles. The highest BCUT2D eigenvalue weighted by Gasteiger charge is 2.12. The van der Waals surface area contributed by atoms with Crippen LogP contribution in [0.2, 0.25) is 5.02 Å². The standard InChI is InChI=1S/C12H17ClN2O/c1-3-4-8(2)15-12(16)10-6-5-9(13)7-11(10)14/h5-8H,3-4,14H2,1-2H3,(H,15,16). The minimum Gasteiger partial charge on any atom is -0.398 e. The summed E-state index contributed by atoms with van der Waals surface area (Å²) in [6.07, 6.45) is 2.00. The largest absolute Gasteiger partial charge is 0.398 e. The maximum Gasteiger partial charge on any atom is 0.253 e. The number of anilines is 1. The second kappa shape index (κ2) is 5.75. The van der Waals surface area contributed by atoms with Gasteiger partial charge in [-0.05, 0) is 31.5 Å². The van der Waals surface area contributed by atoms with Crippen LogP contribution in [0.1, 0.15) is 37.0 Å². The SMILES string of the molecule is CCCC(C)NC(=O)c1ccc(Cl)cc1N. The molecule has 0 aromatic heterocycles. The molecule has 0 saturated carbocycles. The van der Waals surface area contributed by atoms with E-state index < -0.39 is 0 Å². The molecule has 3 N–H and O–H groups in total. The van der Waals surface area contributed by atoms with E-state index in [4.69, 9.17) is 17.3 Å². The fraction of sp³-hybridized carbons (Fsp3) is 0.417. The van der Waals surface area contributed by atoms with Crippen LogP contribution < -0.4 is 11.1 Å². The quantitative estimate of drug-likeness (QED) is 0.796. The molecule has 0 saturated heterocycles. The van der Waals surface area contributed by atoms with E-state index in [2.05, 4.69) is 12.2 Å². The number of carbonyl (C=O) groups is 1. The summed E-state index contributed by atoms with van der Waals surface area (Å²) in [6, 6.07) is 5.05. The molecular weight excluding hydrogens is 224 g/mol. The minimum absolute atomic E-state index is 0.143. The summed E-state index contributed by atoms with van der Waals surface area (Å²) in [7, 11) is 0. The monoisotopic (exact) mass is 240 g/mol.